The number of furan rings is 1. The molecule has 0 aliphatic rings. The Balaban J connectivity index is 2.33. The van der Waals surface area contributed by atoms with Gasteiger partial charge in [0, 0.05) is 0 Å². The third-order valence-corrected chi connectivity index (χ3v) is 2.82. The number of allylic oxidation sites excluding steroid dienone is 1. The van der Waals surface area contributed by atoms with E-state index in [9.17, 15) is 13.6 Å². The first-order valence-electron chi connectivity index (χ1n) is 6.38. The summed E-state index contributed by atoms with van der Waals surface area (Å²) in [7, 11) is 1.29. The van der Waals surface area contributed by atoms with Crippen LogP contribution in [0.4, 0.5) is 8.78 Å². The molecule has 0 N–H and O–H groups in total. The molecule has 5 nitrogen and oxygen atoms in total. The molecule has 0 spiro atoms. The van der Waals surface area contributed by atoms with Crippen molar-refractivity contribution in [3.05, 3.63) is 53.5 Å². The molecule has 0 aliphatic heterocycles. The molecule has 2 rings (SSSR count). The first-order valence-corrected chi connectivity index (χ1v) is 6.38. The zero-order valence-corrected chi connectivity index (χ0v) is 12.0. The lowest BCUT2D eigenvalue weighted by Gasteiger charge is -2.10. The molecule has 0 radical (unpaired) electrons. The van der Waals surface area contributed by atoms with E-state index in [1.54, 1.807) is 6.07 Å². The maximum Gasteiger partial charge on any atom is 0.387 e. The van der Waals surface area contributed by atoms with Gasteiger partial charge in [-0.15, -0.1) is 0 Å². The van der Waals surface area contributed by atoms with E-state index in [1.165, 1.54) is 49.8 Å². The molecule has 0 saturated carbocycles. The Morgan fingerprint density at radius 3 is 2.70 bits per heavy atom. The molecule has 7 heteroatoms. The number of Topliss-reactive ketones (excluding diaryl/α,β-unsaturated/α-hetero) is 1. The van der Waals surface area contributed by atoms with Crippen LogP contribution < -0.4 is 9.47 Å². The number of carbonyl (C=O) groups is 1. The summed E-state index contributed by atoms with van der Waals surface area (Å²) in [5, 5.41) is 9.12. The van der Waals surface area contributed by atoms with E-state index in [4.69, 9.17) is 14.4 Å². The molecular formula is C16H11F2NO4. The second kappa shape index (κ2) is 7.22. The molecule has 0 fully saturated rings. The van der Waals surface area contributed by atoms with Gasteiger partial charge in [-0.25, -0.2) is 0 Å². The third-order valence-electron chi connectivity index (χ3n) is 2.82. The topological polar surface area (TPSA) is 72.5 Å². The van der Waals surface area contributed by atoms with Crippen molar-refractivity contribution < 1.29 is 27.5 Å². The Labute approximate surface area is 130 Å². The van der Waals surface area contributed by atoms with Gasteiger partial charge in [-0.05, 0) is 35.9 Å². The number of nitrogens with zero attached hydrogens (tertiary/aromatic N) is 1. The summed E-state index contributed by atoms with van der Waals surface area (Å²) < 4.78 is 38.8. The average molecular weight is 319 g/mol. The van der Waals surface area contributed by atoms with Gasteiger partial charge in [-0.3, -0.25) is 4.79 Å². The molecule has 2 aromatic rings. The zero-order valence-electron chi connectivity index (χ0n) is 12.0. The van der Waals surface area contributed by atoms with Crippen molar-refractivity contribution in [1.82, 2.24) is 0 Å². The van der Waals surface area contributed by atoms with Gasteiger partial charge < -0.3 is 13.9 Å². The monoisotopic (exact) mass is 319 g/mol. The molecule has 0 amide bonds. The molecule has 118 valence electrons. The van der Waals surface area contributed by atoms with Gasteiger partial charge in [0.1, 0.15) is 11.6 Å². The summed E-state index contributed by atoms with van der Waals surface area (Å²) in [6, 6.07) is 8.82. The number of benzene rings is 1. The number of ether oxygens (including phenoxy) is 2. The van der Waals surface area contributed by atoms with Crippen molar-refractivity contribution in [2.24, 2.45) is 0 Å². The number of hydrogen-bond donors (Lipinski definition) is 0. The number of halogens is 2. The number of carbonyl (C=O) groups excluding carboxylic acids is 1. The number of rotatable bonds is 6. The molecule has 0 unspecified atom stereocenters. The zero-order chi connectivity index (χ0) is 16.8. The predicted octanol–water partition coefficient (Wildman–Crippen LogP) is 3.68. The van der Waals surface area contributed by atoms with Gasteiger partial charge in [-0.1, -0.05) is 6.07 Å². The van der Waals surface area contributed by atoms with Crippen molar-refractivity contribution in [3.63, 3.8) is 0 Å². The van der Waals surface area contributed by atoms with Crippen LogP contribution in [0.5, 0.6) is 11.5 Å². The van der Waals surface area contributed by atoms with Crippen molar-refractivity contribution in [1.29, 1.82) is 5.26 Å². The molecule has 1 aromatic heterocycles. The Morgan fingerprint density at radius 2 is 2.13 bits per heavy atom. The summed E-state index contributed by atoms with van der Waals surface area (Å²) in [5.74, 6) is -0.635. The largest absolute Gasteiger partial charge is 0.493 e. The minimum Gasteiger partial charge on any atom is -0.493 e. The van der Waals surface area contributed by atoms with Crippen LogP contribution in [0, 0.1) is 11.3 Å². The SMILES string of the molecule is COc1cc(/C=C(\C#N)C(=O)c2ccco2)ccc1OC(F)F. The quantitative estimate of drug-likeness (QED) is 0.461. The molecule has 23 heavy (non-hydrogen) atoms. The van der Waals surface area contributed by atoms with E-state index in [0.29, 0.717) is 5.56 Å². The fourth-order valence-corrected chi connectivity index (χ4v) is 1.82. The van der Waals surface area contributed by atoms with E-state index in [2.05, 4.69) is 4.74 Å². The molecule has 0 aliphatic carbocycles. The van der Waals surface area contributed by atoms with Crippen LogP contribution in [-0.2, 0) is 0 Å². The number of ketones is 1. The van der Waals surface area contributed by atoms with Crippen LogP contribution >= 0.6 is 0 Å². The Kier molecular flexibility index (Phi) is 5.10. The molecular weight excluding hydrogens is 308 g/mol. The van der Waals surface area contributed by atoms with Crippen LogP contribution in [0.25, 0.3) is 6.08 Å². The van der Waals surface area contributed by atoms with Crippen LogP contribution in [0.3, 0.4) is 0 Å². The van der Waals surface area contributed by atoms with E-state index in [-0.39, 0.29) is 22.8 Å². The van der Waals surface area contributed by atoms with Crippen molar-refractivity contribution in [2.75, 3.05) is 7.11 Å². The first-order chi connectivity index (χ1) is 11.0. The highest BCUT2D eigenvalue weighted by Crippen LogP contribution is 2.30. The van der Waals surface area contributed by atoms with Gasteiger partial charge in [0.2, 0.25) is 5.78 Å². The van der Waals surface area contributed by atoms with Gasteiger partial charge in [0.05, 0.1) is 13.4 Å². The predicted molar refractivity (Wildman–Crippen MR) is 76.3 cm³/mol. The Hall–Kier alpha value is -3.14. The summed E-state index contributed by atoms with van der Waals surface area (Å²) in [6.45, 7) is -2.99. The summed E-state index contributed by atoms with van der Waals surface area (Å²) in [4.78, 5) is 12.1. The smallest absolute Gasteiger partial charge is 0.387 e. The molecule has 0 saturated heterocycles. The van der Waals surface area contributed by atoms with Gasteiger partial charge >= 0.3 is 6.61 Å². The fraction of sp³-hybridized carbons (Fsp3) is 0.125. The number of methoxy groups -OCH3 is 1. The molecule has 1 aromatic carbocycles. The second-order valence-electron chi connectivity index (χ2n) is 4.27. The highest BCUT2D eigenvalue weighted by Gasteiger charge is 2.16. The lowest BCUT2D eigenvalue weighted by Crippen LogP contribution is -2.03. The van der Waals surface area contributed by atoms with Crippen LogP contribution in [0.1, 0.15) is 16.1 Å². The third kappa shape index (κ3) is 3.95. The second-order valence-corrected chi connectivity index (χ2v) is 4.27. The molecule has 0 atom stereocenters. The van der Waals surface area contributed by atoms with E-state index in [0.717, 1.165) is 0 Å². The first kappa shape index (κ1) is 16.2. The molecule has 0 bridgehead atoms. The van der Waals surface area contributed by atoms with Crippen molar-refractivity contribution in [3.8, 4) is 17.6 Å². The van der Waals surface area contributed by atoms with Gasteiger partial charge in [-0.2, -0.15) is 14.0 Å². The minimum absolute atomic E-state index is 0.0300. The summed E-state index contributed by atoms with van der Waals surface area (Å²) in [6.07, 6.45) is 2.63. The highest BCUT2D eigenvalue weighted by molar-refractivity contribution is 6.12. The minimum atomic E-state index is -2.99. The van der Waals surface area contributed by atoms with Crippen molar-refractivity contribution >= 4 is 11.9 Å². The average Bonchev–Trinajstić information content (AvgIpc) is 3.07. The van der Waals surface area contributed by atoms with Crippen LogP contribution in [0.2, 0.25) is 0 Å². The van der Waals surface area contributed by atoms with E-state index < -0.39 is 12.4 Å². The van der Waals surface area contributed by atoms with Crippen molar-refractivity contribution in [2.45, 2.75) is 6.61 Å². The number of hydrogen-bond acceptors (Lipinski definition) is 5. The maximum absolute atomic E-state index is 12.3. The Bertz CT molecular complexity index is 761. The lowest BCUT2D eigenvalue weighted by molar-refractivity contribution is -0.0512. The lowest BCUT2D eigenvalue weighted by atomic mass is 10.1. The summed E-state index contributed by atoms with van der Waals surface area (Å²) in [5.41, 5.74) is 0.254. The van der Waals surface area contributed by atoms with Crippen LogP contribution in [-0.4, -0.2) is 19.5 Å². The van der Waals surface area contributed by atoms with E-state index >= 15 is 0 Å². The Morgan fingerprint density at radius 1 is 1.35 bits per heavy atom. The highest BCUT2D eigenvalue weighted by atomic mass is 19.3. The normalized spacial score (nSPS) is 11.2. The number of nitriles is 1. The van der Waals surface area contributed by atoms with E-state index in [1.807, 2.05) is 0 Å². The van der Waals surface area contributed by atoms with Gasteiger partial charge in [0.25, 0.3) is 0 Å². The fourth-order valence-electron chi connectivity index (χ4n) is 1.82. The summed E-state index contributed by atoms with van der Waals surface area (Å²) >= 11 is 0. The molecule has 1 heterocycles. The number of alkyl halides is 2. The van der Waals surface area contributed by atoms with Gasteiger partial charge in [0.15, 0.2) is 17.3 Å². The standard InChI is InChI=1S/C16H11F2NO4/c1-21-14-8-10(4-5-12(14)23-16(17)18)7-11(9-19)15(20)13-3-2-6-22-13/h2-8,16H,1H3/b11-7+. The maximum atomic E-state index is 12.3. The van der Waals surface area contributed by atoms with Crippen LogP contribution in [0.15, 0.2) is 46.6 Å².